The molecule has 2 aromatic heterocycles. The first-order valence-corrected chi connectivity index (χ1v) is 5.34. The van der Waals surface area contributed by atoms with E-state index in [4.69, 9.17) is 5.11 Å². The maximum Gasteiger partial charge on any atom is 0.303 e. The van der Waals surface area contributed by atoms with Gasteiger partial charge in [-0.25, -0.2) is 0 Å². The predicted octanol–water partition coefficient (Wildman–Crippen LogP) is 2.16. The molecule has 0 saturated carbocycles. The minimum absolute atomic E-state index is 0.103. The van der Waals surface area contributed by atoms with Gasteiger partial charge in [0.05, 0.1) is 11.4 Å². The molecule has 0 saturated heterocycles. The lowest BCUT2D eigenvalue weighted by atomic mass is 10.1. The average Bonchev–Trinajstić information content (AvgIpc) is 2.38. The normalized spacial score (nSPS) is 10.1. The van der Waals surface area contributed by atoms with Crippen molar-refractivity contribution < 1.29 is 9.90 Å². The van der Waals surface area contributed by atoms with E-state index in [1.807, 2.05) is 30.3 Å². The largest absolute Gasteiger partial charge is 0.481 e. The Morgan fingerprint density at radius 1 is 1.12 bits per heavy atom. The second-order valence-electron chi connectivity index (χ2n) is 3.62. The molecule has 0 aliphatic heterocycles. The van der Waals surface area contributed by atoms with Crippen molar-refractivity contribution >= 4 is 5.97 Å². The molecule has 17 heavy (non-hydrogen) atoms. The Hall–Kier alpha value is -2.23. The summed E-state index contributed by atoms with van der Waals surface area (Å²) in [5.74, 6) is -0.805. The van der Waals surface area contributed by atoms with Crippen LogP contribution in [0.15, 0.2) is 42.7 Å². The first-order valence-electron chi connectivity index (χ1n) is 5.34. The second-order valence-corrected chi connectivity index (χ2v) is 3.62. The Labute approximate surface area is 99.0 Å². The van der Waals surface area contributed by atoms with Crippen LogP contribution in [0.5, 0.6) is 0 Å². The molecule has 0 spiro atoms. The zero-order valence-corrected chi connectivity index (χ0v) is 9.21. The monoisotopic (exact) mass is 228 g/mol. The number of aryl methyl sites for hydroxylation is 1. The summed E-state index contributed by atoms with van der Waals surface area (Å²) in [6.07, 6.45) is 3.96. The van der Waals surface area contributed by atoms with Crippen molar-refractivity contribution in [2.45, 2.75) is 12.8 Å². The summed E-state index contributed by atoms with van der Waals surface area (Å²) >= 11 is 0. The third kappa shape index (κ3) is 2.87. The number of nitrogens with zero attached hydrogens (tertiary/aromatic N) is 2. The molecule has 0 fully saturated rings. The maximum absolute atomic E-state index is 10.6. The molecule has 0 unspecified atom stereocenters. The van der Waals surface area contributed by atoms with Crippen LogP contribution in [0, 0.1) is 0 Å². The van der Waals surface area contributed by atoms with Crippen LogP contribution >= 0.6 is 0 Å². The Morgan fingerprint density at radius 3 is 2.65 bits per heavy atom. The molecule has 2 heterocycles. The van der Waals surface area contributed by atoms with Gasteiger partial charge in [0, 0.05) is 18.8 Å². The molecule has 0 amide bonds. The molecule has 0 radical (unpaired) electrons. The summed E-state index contributed by atoms with van der Waals surface area (Å²) in [5.41, 5.74) is 2.44. The topological polar surface area (TPSA) is 63.1 Å². The van der Waals surface area contributed by atoms with E-state index >= 15 is 0 Å². The SMILES string of the molecule is O=C(O)CCc1cccnc1-c1ccccn1. The number of pyridine rings is 2. The Morgan fingerprint density at radius 2 is 1.94 bits per heavy atom. The predicted molar refractivity (Wildman–Crippen MR) is 63.4 cm³/mol. The number of aliphatic carboxylic acids is 1. The van der Waals surface area contributed by atoms with Crippen molar-refractivity contribution in [1.29, 1.82) is 0 Å². The quantitative estimate of drug-likeness (QED) is 0.871. The van der Waals surface area contributed by atoms with Crippen molar-refractivity contribution in [2.24, 2.45) is 0 Å². The van der Waals surface area contributed by atoms with Gasteiger partial charge in [-0.2, -0.15) is 0 Å². The van der Waals surface area contributed by atoms with E-state index in [2.05, 4.69) is 9.97 Å². The van der Waals surface area contributed by atoms with Crippen molar-refractivity contribution in [3.63, 3.8) is 0 Å². The molecule has 2 rings (SSSR count). The molecule has 2 aromatic rings. The van der Waals surface area contributed by atoms with E-state index in [0.717, 1.165) is 17.0 Å². The summed E-state index contributed by atoms with van der Waals surface area (Å²) in [7, 11) is 0. The van der Waals surface area contributed by atoms with Crippen LogP contribution in [-0.4, -0.2) is 21.0 Å². The van der Waals surface area contributed by atoms with Crippen LogP contribution in [0.25, 0.3) is 11.4 Å². The highest BCUT2D eigenvalue weighted by atomic mass is 16.4. The van der Waals surface area contributed by atoms with Crippen molar-refractivity contribution in [3.05, 3.63) is 48.3 Å². The molecule has 4 nitrogen and oxygen atoms in total. The van der Waals surface area contributed by atoms with Crippen molar-refractivity contribution in [2.75, 3.05) is 0 Å². The minimum Gasteiger partial charge on any atom is -0.481 e. The average molecular weight is 228 g/mol. The van der Waals surface area contributed by atoms with Crippen molar-refractivity contribution in [3.8, 4) is 11.4 Å². The van der Waals surface area contributed by atoms with Gasteiger partial charge in [0.15, 0.2) is 0 Å². The number of aromatic nitrogens is 2. The molecule has 0 atom stereocenters. The summed E-state index contributed by atoms with van der Waals surface area (Å²) in [6.45, 7) is 0. The standard InChI is InChI=1S/C13H12N2O2/c16-12(17)7-6-10-4-3-9-15-13(10)11-5-1-2-8-14-11/h1-5,8-9H,6-7H2,(H,16,17). The van der Waals surface area contributed by atoms with Gasteiger partial charge in [0.2, 0.25) is 0 Å². The highest BCUT2D eigenvalue weighted by molar-refractivity contribution is 5.68. The number of rotatable bonds is 4. The van der Waals surface area contributed by atoms with Gasteiger partial charge in [0.1, 0.15) is 0 Å². The number of carboxylic acids is 1. The molecule has 0 aliphatic carbocycles. The van der Waals surface area contributed by atoms with Gasteiger partial charge < -0.3 is 5.11 Å². The summed E-state index contributed by atoms with van der Waals surface area (Å²) in [6, 6.07) is 9.29. The Bertz CT molecular complexity index is 512. The smallest absolute Gasteiger partial charge is 0.303 e. The van der Waals surface area contributed by atoms with Crippen LogP contribution in [0.4, 0.5) is 0 Å². The highest BCUT2D eigenvalue weighted by Gasteiger charge is 2.08. The lowest BCUT2D eigenvalue weighted by Gasteiger charge is -2.06. The zero-order chi connectivity index (χ0) is 12.1. The van der Waals surface area contributed by atoms with Crippen LogP contribution < -0.4 is 0 Å². The number of hydrogen-bond acceptors (Lipinski definition) is 3. The van der Waals surface area contributed by atoms with Gasteiger partial charge in [-0.1, -0.05) is 12.1 Å². The van der Waals surface area contributed by atoms with Crippen LogP contribution in [-0.2, 0) is 11.2 Å². The van der Waals surface area contributed by atoms with E-state index < -0.39 is 5.97 Å². The highest BCUT2D eigenvalue weighted by Crippen LogP contribution is 2.19. The van der Waals surface area contributed by atoms with Gasteiger partial charge in [-0.15, -0.1) is 0 Å². The van der Waals surface area contributed by atoms with Gasteiger partial charge in [-0.05, 0) is 30.2 Å². The van der Waals surface area contributed by atoms with E-state index in [9.17, 15) is 4.79 Å². The minimum atomic E-state index is -0.805. The fraction of sp³-hybridized carbons (Fsp3) is 0.154. The number of carbonyl (C=O) groups is 1. The first-order chi connectivity index (χ1) is 8.27. The molecule has 0 aliphatic rings. The fourth-order valence-electron chi connectivity index (χ4n) is 1.62. The van der Waals surface area contributed by atoms with Crippen LogP contribution in [0.2, 0.25) is 0 Å². The second kappa shape index (κ2) is 5.21. The third-order valence-electron chi connectivity index (χ3n) is 2.41. The van der Waals surface area contributed by atoms with E-state index in [0.29, 0.717) is 6.42 Å². The first kappa shape index (κ1) is 11.3. The van der Waals surface area contributed by atoms with Gasteiger partial charge >= 0.3 is 5.97 Å². The Balaban J connectivity index is 2.31. The summed E-state index contributed by atoms with van der Waals surface area (Å²) in [5, 5.41) is 8.70. The molecule has 0 aromatic carbocycles. The zero-order valence-electron chi connectivity index (χ0n) is 9.21. The fourth-order valence-corrected chi connectivity index (χ4v) is 1.62. The van der Waals surface area contributed by atoms with Crippen LogP contribution in [0.3, 0.4) is 0 Å². The summed E-state index contributed by atoms with van der Waals surface area (Å²) in [4.78, 5) is 19.1. The molecule has 86 valence electrons. The van der Waals surface area contributed by atoms with E-state index in [1.165, 1.54) is 0 Å². The lowest BCUT2D eigenvalue weighted by molar-refractivity contribution is -0.136. The van der Waals surface area contributed by atoms with E-state index in [-0.39, 0.29) is 6.42 Å². The summed E-state index contributed by atoms with van der Waals surface area (Å²) < 4.78 is 0. The molecule has 0 bridgehead atoms. The van der Waals surface area contributed by atoms with Crippen molar-refractivity contribution in [1.82, 2.24) is 9.97 Å². The Kier molecular flexibility index (Phi) is 3.45. The lowest BCUT2D eigenvalue weighted by Crippen LogP contribution is -2.00. The maximum atomic E-state index is 10.6. The van der Waals surface area contributed by atoms with Gasteiger partial charge in [0.25, 0.3) is 0 Å². The number of carboxylic acid groups (broad SMARTS) is 1. The molecule has 1 N–H and O–H groups in total. The number of hydrogen-bond donors (Lipinski definition) is 1. The third-order valence-corrected chi connectivity index (χ3v) is 2.41. The molecule has 4 heteroatoms. The molecular formula is C13H12N2O2. The van der Waals surface area contributed by atoms with Gasteiger partial charge in [-0.3, -0.25) is 14.8 Å². The van der Waals surface area contributed by atoms with Crippen LogP contribution in [0.1, 0.15) is 12.0 Å². The molecular weight excluding hydrogens is 216 g/mol. The van der Waals surface area contributed by atoms with E-state index in [1.54, 1.807) is 12.4 Å².